The zero-order valence-corrected chi connectivity index (χ0v) is 7.60. The average Bonchev–Trinajstić information content (AvgIpc) is 2.27. The normalized spacial score (nSPS) is 14.1. The number of carbonyl (C=O) groups excluding carboxylic acids is 2. The summed E-state index contributed by atoms with van der Waals surface area (Å²) < 4.78 is 8.85. The molecule has 1 heterocycles. The Labute approximate surface area is 79.7 Å². The Balaban J connectivity index is 2.92. The van der Waals surface area contributed by atoms with Gasteiger partial charge in [0.1, 0.15) is 5.57 Å². The number of rotatable bonds is 2. The standard InChI is InChI=1S/C7H8N3O4/c1-13-6(11)4-3-8-10-9-5(4)7(12)14-2/h3,10H,1-2H3. The average molecular weight is 198 g/mol. The van der Waals surface area contributed by atoms with E-state index >= 15 is 0 Å². The fourth-order valence-corrected chi connectivity index (χ4v) is 0.805. The van der Waals surface area contributed by atoms with Crippen molar-refractivity contribution in [1.29, 1.82) is 0 Å². The van der Waals surface area contributed by atoms with Crippen LogP contribution in [0.5, 0.6) is 0 Å². The van der Waals surface area contributed by atoms with E-state index in [2.05, 4.69) is 25.5 Å². The Morgan fingerprint density at radius 1 is 1.29 bits per heavy atom. The van der Waals surface area contributed by atoms with Crippen LogP contribution in [-0.2, 0) is 19.1 Å². The first-order valence-electron chi connectivity index (χ1n) is 3.60. The van der Waals surface area contributed by atoms with Crippen LogP contribution in [0.4, 0.5) is 0 Å². The second-order valence-electron chi connectivity index (χ2n) is 2.22. The first-order valence-corrected chi connectivity index (χ1v) is 3.60. The Hall–Kier alpha value is -2.05. The molecule has 0 aromatic heterocycles. The van der Waals surface area contributed by atoms with E-state index < -0.39 is 11.9 Å². The van der Waals surface area contributed by atoms with Gasteiger partial charge in [0.05, 0.1) is 20.4 Å². The van der Waals surface area contributed by atoms with Gasteiger partial charge < -0.3 is 9.47 Å². The van der Waals surface area contributed by atoms with Gasteiger partial charge in [-0.3, -0.25) is 0 Å². The molecular formula is C7H8N3O4. The van der Waals surface area contributed by atoms with Crippen molar-refractivity contribution < 1.29 is 19.1 Å². The molecule has 0 saturated carbocycles. The molecule has 0 fully saturated rings. The molecule has 0 unspecified atom stereocenters. The highest BCUT2D eigenvalue weighted by Crippen LogP contribution is 2.04. The van der Waals surface area contributed by atoms with Crippen LogP contribution in [0, 0.1) is 0 Å². The summed E-state index contributed by atoms with van der Waals surface area (Å²) in [5.41, 5.74) is 5.47. The number of carbonyl (C=O) groups is 2. The van der Waals surface area contributed by atoms with Crippen molar-refractivity contribution in [3.05, 3.63) is 11.8 Å². The Morgan fingerprint density at radius 2 is 1.93 bits per heavy atom. The summed E-state index contributed by atoms with van der Waals surface area (Å²) in [5.74, 6) is -1.43. The highest BCUT2D eigenvalue weighted by atomic mass is 16.5. The monoisotopic (exact) mass is 198 g/mol. The molecule has 1 aliphatic heterocycles. The van der Waals surface area contributed by atoms with Gasteiger partial charge >= 0.3 is 11.9 Å². The second-order valence-corrected chi connectivity index (χ2v) is 2.22. The van der Waals surface area contributed by atoms with Crippen molar-refractivity contribution >= 4 is 17.7 Å². The van der Waals surface area contributed by atoms with E-state index in [0.717, 1.165) is 6.20 Å². The summed E-state index contributed by atoms with van der Waals surface area (Å²) in [6.07, 6.45) is 1.14. The van der Waals surface area contributed by atoms with Crippen LogP contribution < -0.4 is 11.0 Å². The molecule has 7 heteroatoms. The molecule has 0 aromatic carbocycles. The van der Waals surface area contributed by atoms with Crippen LogP contribution in [-0.4, -0.2) is 31.9 Å². The molecule has 7 nitrogen and oxygen atoms in total. The molecule has 14 heavy (non-hydrogen) atoms. The molecule has 0 saturated heterocycles. The van der Waals surface area contributed by atoms with Gasteiger partial charge in [0.25, 0.3) is 0 Å². The van der Waals surface area contributed by atoms with Crippen molar-refractivity contribution in [3.8, 4) is 0 Å². The van der Waals surface area contributed by atoms with Crippen LogP contribution >= 0.6 is 0 Å². The summed E-state index contributed by atoms with van der Waals surface area (Å²) in [7, 11) is 2.38. The number of esters is 2. The van der Waals surface area contributed by atoms with Gasteiger partial charge in [-0.2, -0.15) is 11.0 Å². The third-order valence-electron chi connectivity index (χ3n) is 1.45. The fraction of sp³-hybridized carbons (Fsp3) is 0.286. The van der Waals surface area contributed by atoms with Gasteiger partial charge in [-0.05, 0) is 0 Å². The third kappa shape index (κ3) is 1.82. The van der Waals surface area contributed by atoms with E-state index in [4.69, 9.17) is 0 Å². The summed E-state index contributed by atoms with van der Waals surface area (Å²) in [4.78, 5) is 22.2. The number of hydrogen-bond acceptors (Lipinski definition) is 6. The minimum absolute atomic E-state index is 0.0434. The second kappa shape index (κ2) is 4.26. The molecule has 0 spiro atoms. The Morgan fingerprint density at radius 3 is 2.50 bits per heavy atom. The lowest BCUT2D eigenvalue weighted by atomic mass is 10.1. The first-order chi connectivity index (χ1) is 6.70. The minimum atomic E-state index is -0.732. The lowest BCUT2D eigenvalue weighted by molar-refractivity contribution is -0.137. The van der Waals surface area contributed by atoms with E-state index in [0.29, 0.717) is 0 Å². The summed E-state index contributed by atoms with van der Waals surface area (Å²) in [6, 6.07) is 0. The van der Waals surface area contributed by atoms with Crippen LogP contribution in [0.1, 0.15) is 0 Å². The molecule has 1 rings (SSSR count). The van der Waals surface area contributed by atoms with Crippen molar-refractivity contribution in [1.82, 2.24) is 11.0 Å². The van der Waals surface area contributed by atoms with Crippen molar-refractivity contribution in [2.24, 2.45) is 5.10 Å². The van der Waals surface area contributed by atoms with Crippen LogP contribution in [0.15, 0.2) is 16.9 Å². The van der Waals surface area contributed by atoms with Crippen molar-refractivity contribution in [2.45, 2.75) is 0 Å². The van der Waals surface area contributed by atoms with Gasteiger partial charge in [0.15, 0.2) is 5.71 Å². The van der Waals surface area contributed by atoms with E-state index in [1.54, 1.807) is 0 Å². The van der Waals surface area contributed by atoms with Gasteiger partial charge in [0, 0.05) is 0 Å². The highest BCUT2D eigenvalue weighted by molar-refractivity contribution is 6.49. The number of ether oxygens (including phenoxy) is 2. The zero-order chi connectivity index (χ0) is 10.6. The molecule has 0 aromatic rings. The quantitative estimate of drug-likeness (QED) is 0.556. The predicted octanol–water partition coefficient (Wildman–Crippen LogP) is -1.31. The van der Waals surface area contributed by atoms with Gasteiger partial charge in [-0.15, -0.1) is 5.10 Å². The molecular weight excluding hydrogens is 190 g/mol. The molecule has 1 aliphatic rings. The van der Waals surface area contributed by atoms with Crippen molar-refractivity contribution in [3.63, 3.8) is 0 Å². The van der Waals surface area contributed by atoms with E-state index in [1.165, 1.54) is 14.2 Å². The van der Waals surface area contributed by atoms with Crippen molar-refractivity contribution in [2.75, 3.05) is 14.2 Å². The predicted molar refractivity (Wildman–Crippen MR) is 44.8 cm³/mol. The maximum absolute atomic E-state index is 11.1. The maximum atomic E-state index is 11.1. The molecule has 1 radical (unpaired) electrons. The van der Waals surface area contributed by atoms with Crippen LogP contribution in [0.2, 0.25) is 0 Å². The Kier molecular flexibility index (Phi) is 3.05. The number of hydrogen-bond donors (Lipinski definition) is 1. The summed E-state index contributed by atoms with van der Waals surface area (Å²) >= 11 is 0. The number of hydrazone groups is 1. The topological polar surface area (TPSA) is 91.1 Å². The highest BCUT2D eigenvalue weighted by Gasteiger charge is 2.26. The third-order valence-corrected chi connectivity index (χ3v) is 1.45. The zero-order valence-electron chi connectivity index (χ0n) is 7.60. The SMILES string of the molecule is COC(=O)C1=C[N]NN=C1C(=O)OC. The number of nitrogens with zero attached hydrogens (tertiary/aromatic N) is 2. The smallest absolute Gasteiger partial charge is 0.359 e. The maximum Gasteiger partial charge on any atom is 0.359 e. The van der Waals surface area contributed by atoms with Crippen LogP contribution in [0.3, 0.4) is 0 Å². The lowest BCUT2D eigenvalue weighted by Crippen LogP contribution is -2.33. The molecule has 0 atom stereocenters. The largest absolute Gasteiger partial charge is 0.465 e. The van der Waals surface area contributed by atoms with Gasteiger partial charge in [-0.1, -0.05) is 0 Å². The number of nitrogens with one attached hydrogen (secondary N) is 1. The minimum Gasteiger partial charge on any atom is -0.465 e. The molecule has 0 bridgehead atoms. The summed E-state index contributed by atoms with van der Waals surface area (Å²) in [6.45, 7) is 0. The molecule has 1 N–H and O–H groups in total. The first kappa shape index (κ1) is 10.0. The molecule has 0 amide bonds. The van der Waals surface area contributed by atoms with E-state index in [9.17, 15) is 9.59 Å². The van der Waals surface area contributed by atoms with E-state index in [-0.39, 0.29) is 11.3 Å². The molecule has 0 aliphatic carbocycles. The number of methoxy groups -OCH3 is 2. The lowest BCUT2D eigenvalue weighted by Gasteiger charge is -2.11. The Bertz CT molecular complexity index is 289. The van der Waals surface area contributed by atoms with E-state index in [1.807, 2.05) is 0 Å². The summed E-state index contributed by atoms with van der Waals surface area (Å²) in [5, 5.41) is 3.51. The van der Waals surface area contributed by atoms with Gasteiger partial charge in [0.2, 0.25) is 0 Å². The fourth-order valence-electron chi connectivity index (χ4n) is 0.805. The van der Waals surface area contributed by atoms with Gasteiger partial charge in [-0.25, -0.2) is 9.59 Å². The van der Waals surface area contributed by atoms with Crippen LogP contribution in [0.25, 0.3) is 0 Å². The molecule has 75 valence electrons.